The summed E-state index contributed by atoms with van der Waals surface area (Å²) < 4.78 is 0. The van der Waals surface area contributed by atoms with Crippen LogP contribution in [0.15, 0.2) is 60.9 Å². The van der Waals surface area contributed by atoms with Crippen LogP contribution < -0.4 is 15.5 Å². The Morgan fingerprint density at radius 3 is 2.54 bits per heavy atom. The number of hydrogen-bond donors (Lipinski definition) is 2. The Morgan fingerprint density at radius 1 is 0.838 bits per heavy atom. The van der Waals surface area contributed by atoms with Gasteiger partial charge in [0.15, 0.2) is 0 Å². The minimum absolute atomic E-state index is 0.132. The summed E-state index contributed by atoms with van der Waals surface area (Å²) in [5.74, 6) is 1.97. The number of rotatable bonds is 0. The fourth-order valence-electron chi connectivity index (χ4n) is 5.74. The van der Waals surface area contributed by atoms with E-state index in [-0.39, 0.29) is 5.91 Å². The Balaban J connectivity index is 1.26. The average molecular weight is 498 g/mol. The fraction of sp³-hybridized carbons (Fsp3) is 0.414. The number of nitrogens with zero attached hydrogens (tertiary/aromatic N) is 5. The lowest BCUT2D eigenvalue weighted by atomic mass is 10.1. The van der Waals surface area contributed by atoms with Crippen LogP contribution in [0.2, 0.25) is 0 Å². The molecule has 2 fully saturated rings. The van der Waals surface area contributed by atoms with Crippen LogP contribution in [0.5, 0.6) is 0 Å². The van der Waals surface area contributed by atoms with Crippen molar-refractivity contribution in [3.63, 3.8) is 0 Å². The molecule has 0 saturated carbocycles. The van der Waals surface area contributed by atoms with Crippen LogP contribution in [0.3, 0.4) is 0 Å². The van der Waals surface area contributed by atoms with Crippen molar-refractivity contribution in [3.8, 4) is 11.1 Å². The standard InChI is InChI=1S/C29H35N7O/c37-29-21-35-15-13-34(14-16-35)20-22-3-1-4-25(17-22)33-27-18-23(8-10-30-27)24-6-7-28(32-19-24)36-12-2-5-26(36)9-11-31-29/h1,3-4,6-8,10,17-19,26H,2,5,9,11-16,20-21H2,(H,30,33)(H,31,37). The van der Waals surface area contributed by atoms with Crippen molar-refractivity contribution in [1.82, 2.24) is 25.1 Å². The summed E-state index contributed by atoms with van der Waals surface area (Å²) in [6.07, 6.45) is 7.05. The molecule has 1 amide bonds. The molecular formula is C29H35N7O. The van der Waals surface area contributed by atoms with E-state index >= 15 is 0 Å². The van der Waals surface area contributed by atoms with Gasteiger partial charge in [0.1, 0.15) is 11.6 Å². The van der Waals surface area contributed by atoms with E-state index in [4.69, 9.17) is 4.98 Å². The number of nitrogens with one attached hydrogen (secondary N) is 2. The van der Waals surface area contributed by atoms with Gasteiger partial charge < -0.3 is 15.5 Å². The molecule has 8 bridgehead atoms. The average Bonchev–Trinajstić information content (AvgIpc) is 3.38. The van der Waals surface area contributed by atoms with E-state index in [1.54, 1.807) is 0 Å². The van der Waals surface area contributed by atoms with Crippen LogP contribution in [0, 0.1) is 0 Å². The van der Waals surface area contributed by atoms with Gasteiger partial charge in [0, 0.05) is 75.5 Å². The van der Waals surface area contributed by atoms with Crippen LogP contribution in [0.1, 0.15) is 24.8 Å². The molecule has 3 aromatic rings. The number of piperazine rings is 1. The molecule has 2 saturated heterocycles. The summed E-state index contributed by atoms with van der Waals surface area (Å²) in [4.78, 5) is 29.1. The summed E-state index contributed by atoms with van der Waals surface area (Å²) in [6.45, 7) is 6.87. The van der Waals surface area contributed by atoms with Gasteiger partial charge in [-0.3, -0.25) is 14.6 Å². The molecule has 1 unspecified atom stereocenters. The minimum atomic E-state index is 0.132. The molecule has 9 rings (SSSR count). The zero-order valence-corrected chi connectivity index (χ0v) is 21.3. The van der Waals surface area contributed by atoms with Gasteiger partial charge in [0.25, 0.3) is 0 Å². The molecule has 2 N–H and O–H groups in total. The molecule has 192 valence electrons. The Hall–Kier alpha value is -3.49. The third-order valence-electron chi connectivity index (χ3n) is 7.75. The van der Waals surface area contributed by atoms with E-state index in [1.165, 1.54) is 5.56 Å². The number of amides is 1. The highest BCUT2D eigenvalue weighted by atomic mass is 16.2. The Labute approximate surface area is 218 Å². The van der Waals surface area contributed by atoms with Crippen molar-refractivity contribution >= 4 is 23.2 Å². The molecule has 6 aliphatic rings. The van der Waals surface area contributed by atoms with Crippen molar-refractivity contribution in [2.24, 2.45) is 0 Å². The first-order valence-corrected chi connectivity index (χ1v) is 13.5. The molecule has 0 aliphatic carbocycles. The smallest absolute Gasteiger partial charge is 0.234 e. The molecule has 2 aromatic heterocycles. The van der Waals surface area contributed by atoms with Crippen molar-refractivity contribution in [2.75, 3.05) is 56.0 Å². The number of pyridine rings is 2. The van der Waals surface area contributed by atoms with Gasteiger partial charge in [-0.1, -0.05) is 12.1 Å². The molecule has 37 heavy (non-hydrogen) atoms. The second kappa shape index (κ2) is 10.9. The summed E-state index contributed by atoms with van der Waals surface area (Å²) in [5, 5.41) is 6.65. The lowest BCUT2D eigenvalue weighted by Crippen LogP contribution is -2.49. The highest BCUT2D eigenvalue weighted by Gasteiger charge is 2.26. The van der Waals surface area contributed by atoms with E-state index < -0.39 is 0 Å². The van der Waals surface area contributed by atoms with Gasteiger partial charge >= 0.3 is 0 Å². The molecule has 1 aromatic carbocycles. The van der Waals surface area contributed by atoms with Crippen molar-refractivity contribution < 1.29 is 4.79 Å². The SMILES string of the molecule is O=C1CN2CCN(CC2)Cc2cccc(c2)Nc2cc(ccn2)-c2ccc(nc2)N2CCCC2CCN1. The number of aromatic nitrogens is 2. The van der Waals surface area contributed by atoms with Gasteiger partial charge in [-0.05, 0) is 66.8 Å². The summed E-state index contributed by atoms with van der Waals surface area (Å²) in [7, 11) is 0. The van der Waals surface area contributed by atoms with Gasteiger partial charge in [-0.2, -0.15) is 0 Å². The summed E-state index contributed by atoms with van der Waals surface area (Å²) >= 11 is 0. The van der Waals surface area contributed by atoms with Crippen LogP contribution in [-0.4, -0.2) is 77.5 Å². The number of carbonyl (C=O) groups excluding carboxylic acids is 1. The molecule has 8 heterocycles. The van der Waals surface area contributed by atoms with E-state index in [0.717, 1.165) is 87.0 Å². The lowest BCUT2D eigenvalue weighted by molar-refractivity contribution is -0.122. The molecule has 8 heteroatoms. The van der Waals surface area contributed by atoms with E-state index in [1.807, 2.05) is 18.5 Å². The highest BCUT2D eigenvalue weighted by Crippen LogP contribution is 2.29. The van der Waals surface area contributed by atoms with Crippen molar-refractivity contribution in [1.29, 1.82) is 0 Å². The second-order valence-corrected chi connectivity index (χ2v) is 10.3. The maximum Gasteiger partial charge on any atom is 0.234 e. The van der Waals surface area contributed by atoms with Crippen molar-refractivity contribution in [3.05, 3.63) is 66.5 Å². The second-order valence-electron chi connectivity index (χ2n) is 10.3. The number of carbonyl (C=O) groups is 1. The first-order chi connectivity index (χ1) is 18.2. The molecular weight excluding hydrogens is 462 g/mol. The van der Waals surface area contributed by atoms with Gasteiger partial charge in [0.05, 0.1) is 6.54 Å². The third kappa shape index (κ3) is 5.76. The Kier molecular flexibility index (Phi) is 7.01. The third-order valence-corrected chi connectivity index (χ3v) is 7.75. The number of anilines is 3. The maximum absolute atomic E-state index is 12.6. The van der Waals surface area contributed by atoms with Crippen LogP contribution in [-0.2, 0) is 11.3 Å². The lowest BCUT2D eigenvalue weighted by Gasteiger charge is -2.34. The first-order valence-electron chi connectivity index (χ1n) is 13.5. The maximum atomic E-state index is 12.6. The number of hydrogen-bond acceptors (Lipinski definition) is 7. The van der Waals surface area contributed by atoms with Gasteiger partial charge in [0.2, 0.25) is 5.91 Å². The van der Waals surface area contributed by atoms with Crippen LogP contribution >= 0.6 is 0 Å². The normalized spacial score (nSPS) is 24.3. The Bertz CT molecular complexity index is 1220. The molecule has 0 radical (unpaired) electrons. The zero-order chi connectivity index (χ0) is 25.0. The summed E-state index contributed by atoms with van der Waals surface area (Å²) in [5.41, 5.74) is 4.46. The highest BCUT2D eigenvalue weighted by molar-refractivity contribution is 5.78. The zero-order valence-electron chi connectivity index (χ0n) is 21.3. The number of benzene rings is 1. The molecule has 0 spiro atoms. The summed E-state index contributed by atoms with van der Waals surface area (Å²) in [6, 6.07) is 17.3. The first kappa shape index (κ1) is 23.9. The fourth-order valence-corrected chi connectivity index (χ4v) is 5.74. The van der Waals surface area contributed by atoms with Gasteiger partial charge in [-0.15, -0.1) is 0 Å². The van der Waals surface area contributed by atoms with Crippen LogP contribution in [0.25, 0.3) is 11.1 Å². The molecule has 6 aliphatic heterocycles. The monoisotopic (exact) mass is 497 g/mol. The predicted molar refractivity (Wildman–Crippen MR) is 147 cm³/mol. The van der Waals surface area contributed by atoms with Crippen LogP contribution in [0.4, 0.5) is 17.3 Å². The predicted octanol–water partition coefficient (Wildman–Crippen LogP) is 3.49. The largest absolute Gasteiger partial charge is 0.355 e. The van der Waals surface area contributed by atoms with E-state index in [2.05, 4.69) is 72.8 Å². The topological polar surface area (TPSA) is 76.6 Å². The van der Waals surface area contributed by atoms with E-state index in [9.17, 15) is 4.79 Å². The Morgan fingerprint density at radius 2 is 1.70 bits per heavy atom. The molecule has 8 nitrogen and oxygen atoms in total. The molecule has 1 atom stereocenters. The quantitative estimate of drug-likeness (QED) is 0.492. The van der Waals surface area contributed by atoms with Crippen molar-refractivity contribution in [2.45, 2.75) is 31.8 Å². The van der Waals surface area contributed by atoms with E-state index in [0.29, 0.717) is 19.1 Å². The van der Waals surface area contributed by atoms with Gasteiger partial charge in [-0.25, -0.2) is 9.97 Å². The minimum Gasteiger partial charge on any atom is -0.355 e.